The molecule has 148 valence electrons. The Morgan fingerprint density at radius 1 is 1.17 bits per heavy atom. The first-order valence-electron chi connectivity index (χ1n) is 8.96. The summed E-state index contributed by atoms with van der Waals surface area (Å²) >= 11 is 7.19. The number of rotatable bonds is 7. The molecule has 2 aromatic heterocycles. The molecule has 0 fully saturated rings. The van der Waals surface area contributed by atoms with Crippen molar-refractivity contribution in [3.05, 3.63) is 57.6 Å². The van der Waals surface area contributed by atoms with Crippen LogP contribution in [0.2, 0.25) is 5.02 Å². The molecule has 10 heteroatoms. The molecule has 0 amide bonds. The fourth-order valence-electron chi connectivity index (χ4n) is 2.73. The Kier molecular flexibility index (Phi) is 5.41. The van der Waals surface area contributed by atoms with Gasteiger partial charge in [-0.05, 0) is 42.8 Å². The van der Waals surface area contributed by atoms with E-state index in [1.807, 2.05) is 24.3 Å². The summed E-state index contributed by atoms with van der Waals surface area (Å²) in [5.74, 6) is 1.39. The molecule has 2 heterocycles. The predicted molar refractivity (Wildman–Crippen MR) is 112 cm³/mol. The van der Waals surface area contributed by atoms with E-state index < -0.39 is 4.92 Å². The molecular weight excluding hydrogens is 414 g/mol. The van der Waals surface area contributed by atoms with Gasteiger partial charge in [0.25, 0.3) is 5.69 Å². The third-order valence-electron chi connectivity index (χ3n) is 4.26. The van der Waals surface area contributed by atoms with Crippen molar-refractivity contribution in [1.29, 1.82) is 0 Å². The van der Waals surface area contributed by atoms with E-state index in [2.05, 4.69) is 22.2 Å². The van der Waals surface area contributed by atoms with Crippen molar-refractivity contribution in [3.63, 3.8) is 0 Å². The van der Waals surface area contributed by atoms with Gasteiger partial charge < -0.3 is 4.74 Å². The zero-order chi connectivity index (χ0) is 20.4. The molecule has 0 saturated carbocycles. The number of nitrogens with zero attached hydrogens (tertiary/aromatic N) is 5. The van der Waals surface area contributed by atoms with Crippen LogP contribution in [0.15, 0.2) is 42.5 Å². The van der Waals surface area contributed by atoms with Crippen LogP contribution in [0.1, 0.15) is 19.8 Å². The second-order valence-electron chi connectivity index (χ2n) is 6.27. The number of nitro groups is 1. The van der Waals surface area contributed by atoms with Gasteiger partial charge in [0.2, 0.25) is 4.96 Å². The highest BCUT2D eigenvalue weighted by Crippen LogP contribution is 2.33. The average molecular weight is 430 g/mol. The maximum Gasteiger partial charge on any atom is 0.288 e. The molecule has 2 aromatic carbocycles. The van der Waals surface area contributed by atoms with Gasteiger partial charge in [-0.3, -0.25) is 10.1 Å². The molecule has 0 N–H and O–H groups in total. The normalized spacial score (nSPS) is 11.1. The quantitative estimate of drug-likeness (QED) is 0.226. The minimum Gasteiger partial charge on any atom is -0.494 e. The Balaban J connectivity index is 1.64. The van der Waals surface area contributed by atoms with Crippen LogP contribution in [0.5, 0.6) is 5.75 Å². The monoisotopic (exact) mass is 429 g/mol. The number of hydrogen-bond acceptors (Lipinski definition) is 7. The van der Waals surface area contributed by atoms with Crippen molar-refractivity contribution in [2.24, 2.45) is 0 Å². The summed E-state index contributed by atoms with van der Waals surface area (Å²) in [5.41, 5.74) is 1.29. The predicted octanol–water partition coefficient (Wildman–Crippen LogP) is 5.26. The average Bonchev–Trinajstić information content (AvgIpc) is 3.30. The number of unbranched alkanes of at least 4 members (excludes halogenated alkanes) is 1. The highest BCUT2D eigenvalue weighted by molar-refractivity contribution is 7.19. The van der Waals surface area contributed by atoms with Crippen LogP contribution in [0, 0.1) is 10.1 Å². The third kappa shape index (κ3) is 3.92. The molecular formula is C19H16ClN5O3S. The summed E-state index contributed by atoms with van der Waals surface area (Å²) < 4.78 is 7.32. The van der Waals surface area contributed by atoms with Gasteiger partial charge in [-0.1, -0.05) is 36.3 Å². The second kappa shape index (κ2) is 8.14. The smallest absolute Gasteiger partial charge is 0.288 e. The Morgan fingerprint density at radius 3 is 2.66 bits per heavy atom. The minimum atomic E-state index is -0.512. The van der Waals surface area contributed by atoms with Gasteiger partial charge in [0.15, 0.2) is 5.82 Å². The lowest BCUT2D eigenvalue weighted by atomic mass is 10.2. The summed E-state index contributed by atoms with van der Waals surface area (Å²) in [5, 5.41) is 24.8. The van der Waals surface area contributed by atoms with E-state index in [9.17, 15) is 10.1 Å². The Morgan fingerprint density at radius 2 is 1.93 bits per heavy atom. The molecule has 0 aliphatic rings. The van der Waals surface area contributed by atoms with Crippen LogP contribution in [0.4, 0.5) is 5.69 Å². The van der Waals surface area contributed by atoms with E-state index in [0.717, 1.165) is 24.2 Å². The van der Waals surface area contributed by atoms with E-state index in [1.165, 1.54) is 23.5 Å². The molecule has 0 spiro atoms. The molecule has 4 rings (SSSR count). The van der Waals surface area contributed by atoms with E-state index in [1.54, 1.807) is 10.6 Å². The lowest BCUT2D eigenvalue weighted by molar-refractivity contribution is -0.384. The van der Waals surface area contributed by atoms with Crippen molar-refractivity contribution in [2.75, 3.05) is 6.61 Å². The van der Waals surface area contributed by atoms with Gasteiger partial charge in [-0.2, -0.15) is 9.61 Å². The molecule has 0 saturated heterocycles. The summed E-state index contributed by atoms with van der Waals surface area (Å²) in [6, 6.07) is 12.2. The molecule has 0 bridgehead atoms. The van der Waals surface area contributed by atoms with Crippen molar-refractivity contribution in [3.8, 4) is 27.7 Å². The van der Waals surface area contributed by atoms with E-state index >= 15 is 0 Å². The summed E-state index contributed by atoms with van der Waals surface area (Å²) in [6.45, 7) is 2.81. The highest BCUT2D eigenvalue weighted by atomic mass is 35.5. The first-order valence-corrected chi connectivity index (χ1v) is 10.2. The fourth-order valence-corrected chi connectivity index (χ4v) is 3.76. The van der Waals surface area contributed by atoms with Gasteiger partial charge >= 0.3 is 0 Å². The summed E-state index contributed by atoms with van der Waals surface area (Å²) in [6.07, 6.45) is 2.09. The third-order valence-corrected chi connectivity index (χ3v) is 5.53. The Bertz CT molecular complexity index is 1170. The van der Waals surface area contributed by atoms with Crippen LogP contribution < -0.4 is 4.74 Å². The van der Waals surface area contributed by atoms with E-state index in [4.69, 9.17) is 16.3 Å². The Labute approximate surface area is 174 Å². The first kappa shape index (κ1) is 19.3. The lowest BCUT2D eigenvalue weighted by Gasteiger charge is -2.05. The summed E-state index contributed by atoms with van der Waals surface area (Å²) in [4.78, 5) is 11.2. The van der Waals surface area contributed by atoms with Crippen molar-refractivity contribution in [1.82, 2.24) is 19.8 Å². The number of benzene rings is 2. The van der Waals surface area contributed by atoms with Gasteiger partial charge in [0.05, 0.1) is 11.5 Å². The number of ether oxygens (including phenoxy) is 1. The SMILES string of the molecule is CCCCOc1ccc(-c2nnc3sc(-c4ccc(Cl)c([N+](=O)[O-])c4)nn23)cc1. The lowest BCUT2D eigenvalue weighted by Crippen LogP contribution is -1.96. The largest absolute Gasteiger partial charge is 0.494 e. The number of aromatic nitrogens is 4. The molecule has 0 unspecified atom stereocenters. The molecule has 8 nitrogen and oxygen atoms in total. The fraction of sp³-hybridized carbons (Fsp3) is 0.211. The molecule has 4 aromatic rings. The van der Waals surface area contributed by atoms with Crippen molar-refractivity contribution >= 4 is 33.6 Å². The number of fused-ring (bicyclic) bond motifs is 1. The van der Waals surface area contributed by atoms with Crippen LogP contribution in [-0.2, 0) is 0 Å². The van der Waals surface area contributed by atoms with Crippen LogP contribution in [0.3, 0.4) is 0 Å². The number of hydrogen-bond donors (Lipinski definition) is 0. The second-order valence-corrected chi connectivity index (χ2v) is 7.64. The van der Waals surface area contributed by atoms with E-state index in [-0.39, 0.29) is 10.7 Å². The zero-order valence-corrected chi connectivity index (χ0v) is 17.0. The van der Waals surface area contributed by atoms with Gasteiger partial charge in [0.1, 0.15) is 15.8 Å². The van der Waals surface area contributed by atoms with E-state index in [0.29, 0.717) is 28.0 Å². The zero-order valence-electron chi connectivity index (χ0n) is 15.4. The number of halogens is 1. The minimum absolute atomic E-state index is 0.0867. The van der Waals surface area contributed by atoms with Crippen LogP contribution >= 0.6 is 22.9 Å². The van der Waals surface area contributed by atoms with Crippen molar-refractivity contribution in [2.45, 2.75) is 19.8 Å². The van der Waals surface area contributed by atoms with Gasteiger partial charge in [-0.25, -0.2) is 0 Å². The topological polar surface area (TPSA) is 95.5 Å². The molecule has 0 radical (unpaired) electrons. The number of nitro benzene ring substituents is 1. The molecule has 0 aliphatic carbocycles. The maximum atomic E-state index is 11.1. The summed E-state index contributed by atoms with van der Waals surface area (Å²) in [7, 11) is 0. The molecule has 0 aliphatic heterocycles. The molecule has 0 atom stereocenters. The first-order chi connectivity index (χ1) is 14.1. The van der Waals surface area contributed by atoms with Crippen LogP contribution in [-0.4, -0.2) is 31.3 Å². The van der Waals surface area contributed by atoms with Gasteiger partial charge in [-0.15, -0.1) is 10.2 Å². The maximum absolute atomic E-state index is 11.1. The molecule has 29 heavy (non-hydrogen) atoms. The van der Waals surface area contributed by atoms with Gasteiger partial charge in [0, 0.05) is 17.2 Å². The van der Waals surface area contributed by atoms with Crippen LogP contribution in [0.25, 0.3) is 26.9 Å². The Hall–Kier alpha value is -3.04. The van der Waals surface area contributed by atoms with Crippen molar-refractivity contribution < 1.29 is 9.66 Å². The highest BCUT2D eigenvalue weighted by Gasteiger charge is 2.18. The standard InChI is InChI=1S/C19H16ClN5O3S/c1-2-3-10-28-14-7-4-12(5-8-14)17-21-22-19-24(17)23-18(29-19)13-6-9-15(20)16(11-13)25(26)27/h4-9,11H,2-3,10H2,1H3.